The number of rotatable bonds is 1. The molecule has 3 nitrogen and oxygen atoms in total. The van der Waals surface area contributed by atoms with Crippen LogP contribution < -0.4 is 0 Å². The van der Waals surface area contributed by atoms with Gasteiger partial charge in [0.15, 0.2) is 0 Å². The number of nitrogens with zero attached hydrogens (tertiary/aromatic N) is 2. The van der Waals surface area contributed by atoms with Crippen LogP contribution in [0.1, 0.15) is 25.7 Å². The second kappa shape index (κ2) is 3.45. The average molecular weight is 190 g/mol. The van der Waals surface area contributed by atoms with Gasteiger partial charge in [-0.2, -0.15) is 5.26 Å². The summed E-state index contributed by atoms with van der Waals surface area (Å²) in [6.07, 6.45) is 7.54. The van der Waals surface area contributed by atoms with Gasteiger partial charge in [-0.1, -0.05) is 12.2 Å². The van der Waals surface area contributed by atoms with Crippen LogP contribution >= 0.6 is 0 Å². The molecule has 0 saturated heterocycles. The van der Waals surface area contributed by atoms with Crippen molar-refractivity contribution in [2.45, 2.75) is 25.7 Å². The highest BCUT2D eigenvalue weighted by atomic mass is 16.2. The van der Waals surface area contributed by atoms with Crippen molar-refractivity contribution in [3.8, 4) is 6.07 Å². The summed E-state index contributed by atoms with van der Waals surface area (Å²) >= 11 is 0. The van der Waals surface area contributed by atoms with E-state index in [-0.39, 0.29) is 5.91 Å². The Morgan fingerprint density at radius 1 is 1.43 bits per heavy atom. The van der Waals surface area contributed by atoms with Crippen molar-refractivity contribution in [1.29, 1.82) is 5.26 Å². The fraction of sp³-hybridized carbons (Fsp3) is 0.636. The van der Waals surface area contributed by atoms with Crippen LogP contribution in [0.4, 0.5) is 0 Å². The Hall–Kier alpha value is -1.30. The van der Waals surface area contributed by atoms with Crippen LogP contribution in [-0.2, 0) is 4.79 Å². The van der Waals surface area contributed by atoms with Crippen LogP contribution in [0.15, 0.2) is 12.2 Å². The van der Waals surface area contributed by atoms with Crippen molar-refractivity contribution < 1.29 is 4.79 Å². The molecule has 1 aliphatic heterocycles. The number of carbonyl (C=O) groups excluding carboxylic acids is 1. The molecule has 14 heavy (non-hydrogen) atoms. The molecule has 0 bridgehead atoms. The molecule has 0 aromatic heterocycles. The van der Waals surface area contributed by atoms with E-state index in [4.69, 9.17) is 5.26 Å². The van der Waals surface area contributed by atoms with E-state index in [1.807, 2.05) is 11.0 Å². The van der Waals surface area contributed by atoms with E-state index in [0.29, 0.717) is 6.54 Å². The summed E-state index contributed by atoms with van der Waals surface area (Å²) in [5.41, 5.74) is -0.662. The van der Waals surface area contributed by atoms with Crippen molar-refractivity contribution in [2.24, 2.45) is 5.41 Å². The maximum atomic E-state index is 12.0. The number of carbonyl (C=O) groups is 1. The zero-order valence-corrected chi connectivity index (χ0v) is 8.20. The van der Waals surface area contributed by atoms with Crippen LogP contribution in [0.3, 0.4) is 0 Å². The van der Waals surface area contributed by atoms with Gasteiger partial charge in [-0.3, -0.25) is 4.79 Å². The fourth-order valence-corrected chi connectivity index (χ4v) is 2.03. The Morgan fingerprint density at radius 2 is 2.21 bits per heavy atom. The van der Waals surface area contributed by atoms with Crippen LogP contribution in [-0.4, -0.2) is 23.9 Å². The van der Waals surface area contributed by atoms with Crippen LogP contribution in [0.25, 0.3) is 0 Å². The summed E-state index contributed by atoms with van der Waals surface area (Å²) < 4.78 is 0. The predicted molar refractivity (Wildman–Crippen MR) is 52.2 cm³/mol. The van der Waals surface area contributed by atoms with E-state index in [2.05, 4.69) is 12.1 Å². The molecule has 1 heterocycles. The first kappa shape index (κ1) is 9.26. The second-order valence-electron chi connectivity index (χ2n) is 4.06. The topological polar surface area (TPSA) is 44.1 Å². The average Bonchev–Trinajstić information content (AvgIpc) is 2.18. The molecule has 0 unspecified atom stereocenters. The Bertz CT molecular complexity index is 310. The van der Waals surface area contributed by atoms with E-state index < -0.39 is 5.41 Å². The van der Waals surface area contributed by atoms with Crippen LogP contribution in [0.2, 0.25) is 0 Å². The molecule has 74 valence electrons. The van der Waals surface area contributed by atoms with Gasteiger partial charge in [0, 0.05) is 13.1 Å². The van der Waals surface area contributed by atoms with Gasteiger partial charge in [0.2, 0.25) is 5.91 Å². The number of hydrogen-bond donors (Lipinski definition) is 0. The third-order valence-corrected chi connectivity index (χ3v) is 3.18. The molecule has 1 saturated carbocycles. The normalized spacial score (nSPS) is 23.8. The number of nitriles is 1. The SMILES string of the molecule is N#CC1(C(=O)N2CC=CCC2)CCC1. The first-order valence-corrected chi connectivity index (χ1v) is 5.14. The second-order valence-corrected chi connectivity index (χ2v) is 4.06. The van der Waals surface area contributed by atoms with E-state index in [0.717, 1.165) is 32.2 Å². The third kappa shape index (κ3) is 1.31. The minimum absolute atomic E-state index is 0.0515. The largest absolute Gasteiger partial charge is 0.337 e. The number of amides is 1. The molecular weight excluding hydrogens is 176 g/mol. The Kier molecular flexibility index (Phi) is 2.28. The minimum Gasteiger partial charge on any atom is -0.337 e. The zero-order chi connectivity index (χ0) is 10.0. The smallest absolute Gasteiger partial charge is 0.243 e. The molecule has 1 amide bonds. The first-order valence-electron chi connectivity index (χ1n) is 5.14. The van der Waals surface area contributed by atoms with Gasteiger partial charge in [0.05, 0.1) is 6.07 Å². The van der Waals surface area contributed by atoms with E-state index in [1.54, 1.807) is 0 Å². The van der Waals surface area contributed by atoms with Crippen molar-refractivity contribution in [3.05, 3.63) is 12.2 Å². The van der Waals surface area contributed by atoms with Gasteiger partial charge in [-0.05, 0) is 25.7 Å². The molecular formula is C11H14N2O. The van der Waals surface area contributed by atoms with Gasteiger partial charge in [-0.15, -0.1) is 0 Å². The predicted octanol–water partition coefficient (Wildman–Crippen LogP) is 1.47. The lowest BCUT2D eigenvalue weighted by Gasteiger charge is -2.38. The van der Waals surface area contributed by atoms with E-state index in [1.165, 1.54) is 0 Å². The van der Waals surface area contributed by atoms with E-state index in [9.17, 15) is 4.79 Å². The molecule has 0 radical (unpaired) electrons. The lowest BCUT2D eigenvalue weighted by molar-refractivity contribution is -0.142. The fourth-order valence-electron chi connectivity index (χ4n) is 2.03. The third-order valence-electron chi connectivity index (χ3n) is 3.18. The maximum Gasteiger partial charge on any atom is 0.243 e. The first-order chi connectivity index (χ1) is 6.78. The summed E-state index contributed by atoms with van der Waals surface area (Å²) in [6.45, 7) is 1.46. The quantitative estimate of drug-likeness (QED) is 0.588. The molecule has 0 spiro atoms. The van der Waals surface area contributed by atoms with Crippen LogP contribution in [0, 0.1) is 16.7 Å². The molecule has 2 rings (SSSR count). The molecule has 1 fully saturated rings. The van der Waals surface area contributed by atoms with Crippen molar-refractivity contribution in [2.75, 3.05) is 13.1 Å². The Labute approximate surface area is 84.0 Å². The molecule has 0 N–H and O–H groups in total. The molecule has 3 heteroatoms. The molecule has 0 aromatic carbocycles. The zero-order valence-electron chi connectivity index (χ0n) is 8.20. The van der Waals surface area contributed by atoms with Gasteiger partial charge in [0.1, 0.15) is 5.41 Å². The van der Waals surface area contributed by atoms with Gasteiger partial charge in [0.25, 0.3) is 0 Å². The van der Waals surface area contributed by atoms with Crippen molar-refractivity contribution in [1.82, 2.24) is 4.90 Å². The van der Waals surface area contributed by atoms with Crippen LogP contribution in [0.5, 0.6) is 0 Å². The van der Waals surface area contributed by atoms with Gasteiger partial charge >= 0.3 is 0 Å². The van der Waals surface area contributed by atoms with E-state index >= 15 is 0 Å². The summed E-state index contributed by atoms with van der Waals surface area (Å²) in [4.78, 5) is 13.8. The van der Waals surface area contributed by atoms with Crippen molar-refractivity contribution >= 4 is 5.91 Å². The highest BCUT2D eigenvalue weighted by Crippen LogP contribution is 2.41. The summed E-state index contributed by atoms with van der Waals surface area (Å²) in [7, 11) is 0. The maximum absolute atomic E-state index is 12.0. The Balaban J connectivity index is 2.07. The van der Waals surface area contributed by atoms with Gasteiger partial charge < -0.3 is 4.90 Å². The molecule has 2 aliphatic rings. The molecule has 0 aromatic rings. The monoisotopic (exact) mass is 190 g/mol. The summed E-state index contributed by atoms with van der Waals surface area (Å²) in [5.74, 6) is 0.0515. The summed E-state index contributed by atoms with van der Waals surface area (Å²) in [6, 6.07) is 2.20. The summed E-state index contributed by atoms with van der Waals surface area (Å²) in [5, 5.41) is 9.02. The van der Waals surface area contributed by atoms with Gasteiger partial charge in [-0.25, -0.2) is 0 Å². The lowest BCUT2D eigenvalue weighted by Crippen LogP contribution is -2.48. The lowest BCUT2D eigenvalue weighted by atomic mass is 9.69. The molecule has 0 atom stereocenters. The highest BCUT2D eigenvalue weighted by Gasteiger charge is 2.46. The highest BCUT2D eigenvalue weighted by molar-refractivity contribution is 5.86. The molecule has 1 aliphatic carbocycles. The number of hydrogen-bond acceptors (Lipinski definition) is 2. The standard InChI is InChI=1S/C11H14N2O/c12-9-11(5-4-6-11)10(14)13-7-2-1-3-8-13/h1-2H,3-8H2. The minimum atomic E-state index is -0.662. The Morgan fingerprint density at radius 3 is 2.64 bits per heavy atom. The van der Waals surface area contributed by atoms with Crippen molar-refractivity contribution in [3.63, 3.8) is 0 Å².